The lowest BCUT2D eigenvalue weighted by Gasteiger charge is -2.33. The molecule has 3 nitrogen and oxygen atoms in total. The molecule has 0 radical (unpaired) electrons. The predicted molar refractivity (Wildman–Crippen MR) is 48.7 cm³/mol. The summed E-state index contributed by atoms with van der Waals surface area (Å²) in [4.78, 5) is 2.61. The summed E-state index contributed by atoms with van der Waals surface area (Å²) in [7, 11) is 0. The summed E-state index contributed by atoms with van der Waals surface area (Å²) in [6.45, 7) is 5.29. The van der Waals surface area contributed by atoms with Gasteiger partial charge in [0.1, 0.15) is 0 Å². The molecule has 0 saturated carbocycles. The van der Waals surface area contributed by atoms with Crippen molar-refractivity contribution < 1.29 is 9.47 Å². The van der Waals surface area contributed by atoms with E-state index in [0.29, 0.717) is 11.6 Å². The average Bonchev–Trinajstić information content (AvgIpc) is 2.71. The van der Waals surface area contributed by atoms with Crippen molar-refractivity contribution in [1.82, 2.24) is 4.90 Å². The Kier molecular flexibility index (Phi) is 1.86. The Balaban J connectivity index is 1.69. The topological polar surface area (TPSA) is 25.0 Å². The maximum absolute atomic E-state index is 5.53. The van der Waals surface area contributed by atoms with E-state index in [2.05, 4.69) is 4.90 Å². The predicted octanol–water partition coefficient (Wildman–Crippen LogP) is 0.640. The molecule has 13 heavy (non-hydrogen) atoms. The van der Waals surface area contributed by atoms with Gasteiger partial charge in [-0.25, -0.2) is 0 Å². The van der Waals surface area contributed by atoms with Gasteiger partial charge in [0, 0.05) is 18.7 Å². The molecular formula is C10H17NO2. The van der Waals surface area contributed by atoms with Crippen molar-refractivity contribution in [3.05, 3.63) is 0 Å². The van der Waals surface area contributed by atoms with Crippen LogP contribution in [0.2, 0.25) is 0 Å². The zero-order valence-corrected chi connectivity index (χ0v) is 8.00. The summed E-state index contributed by atoms with van der Waals surface area (Å²) >= 11 is 0. The van der Waals surface area contributed by atoms with Crippen molar-refractivity contribution in [3.8, 4) is 0 Å². The molecule has 0 aliphatic carbocycles. The summed E-state index contributed by atoms with van der Waals surface area (Å²) in [5, 5.41) is 0. The van der Waals surface area contributed by atoms with Crippen molar-refractivity contribution in [2.75, 3.05) is 32.9 Å². The SMILES string of the molecule is C1CN(C[C@H]2CO2)C2(C1)CCOC2. The van der Waals surface area contributed by atoms with Crippen LogP contribution in [0.3, 0.4) is 0 Å². The number of rotatable bonds is 2. The number of likely N-dealkylation sites (tertiary alicyclic amines) is 1. The van der Waals surface area contributed by atoms with E-state index in [1.54, 1.807) is 0 Å². The smallest absolute Gasteiger partial charge is 0.0936 e. The highest BCUT2D eigenvalue weighted by atomic mass is 16.6. The highest BCUT2D eigenvalue weighted by Crippen LogP contribution is 2.37. The van der Waals surface area contributed by atoms with Gasteiger partial charge in [-0.05, 0) is 25.8 Å². The molecule has 3 saturated heterocycles. The molecular weight excluding hydrogens is 166 g/mol. The third kappa shape index (κ3) is 1.39. The Bertz CT molecular complexity index is 192. The molecule has 0 aromatic heterocycles. The molecule has 3 heterocycles. The third-order valence-electron chi connectivity index (χ3n) is 3.65. The maximum atomic E-state index is 5.53. The molecule has 3 aliphatic rings. The lowest BCUT2D eigenvalue weighted by atomic mass is 9.95. The van der Waals surface area contributed by atoms with Gasteiger partial charge in [-0.1, -0.05) is 0 Å². The van der Waals surface area contributed by atoms with Crippen LogP contribution < -0.4 is 0 Å². The molecule has 0 bridgehead atoms. The van der Waals surface area contributed by atoms with Crippen LogP contribution in [0.1, 0.15) is 19.3 Å². The van der Waals surface area contributed by atoms with Gasteiger partial charge >= 0.3 is 0 Å². The molecule has 0 amide bonds. The van der Waals surface area contributed by atoms with E-state index < -0.39 is 0 Å². The highest BCUT2D eigenvalue weighted by Gasteiger charge is 2.45. The molecule has 1 unspecified atom stereocenters. The Hall–Kier alpha value is -0.120. The lowest BCUT2D eigenvalue weighted by molar-refractivity contribution is 0.0953. The first-order chi connectivity index (χ1) is 6.39. The fourth-order valence-corrected chi connectivity index (χ4v) is 2.74. The van der Waals surface area contributed by atoms with E-state index in [-0.39, 0.29) is 0 Å². The summed E-state index contributed by atoms with van der Waals surface area (Å²) in [5.74, 6) is 0. The van der Waals surface area contributed by atoms with Crippen molar-refractivity contribution in [2.45, 2.75) is 30.9 Å². The molecule has 1 spiro atoms. The van der Waals surface area contributed by atoms with Crippen molar-refractivity contribution >= 4 is 0 Å². The standard InChI is InChI=1S/C10H17NO2/c1-2-10(3-5-12-8-10)11(4-1)6-9-7-13-9/h9H,1-8H2/t9-,10?/m0/s1. The van der Waals surface area contributed by atoms with Crippen LogP contribution in [-0.2, 0) is 9.47 Å². The van der Waals surface area contributed by atoms with Crippen molar-refractivity contribution in [3.63, 3.8) is 0 Å². The number of ether oxygens (including phenoxy) is 2. The van der Waals surface area contributed by atoms with Gasteiger partial charge in [0.05, 0.1) is 19.3 Å². The van der Waals surface area contributed by atoms with E-state index in [1.807, 2.05) is 0 Å². The molecule has 0 aromatic carbocycles. The normalized spacial score (nSPS) is 44.8. The van der Waals surface area contributed by atoms with Gasteiger partial charge in [-0.3, -0.25) is 4.90 Å². The average molecular weight is 183 g/mol. The zero-order valence-electron chi connectivity index (χ0n) is 8.00. The number of hydrogen-bond donors (Lipinski definition) is 0. The minimum Gasteiger partial charge on any atom is -0.379 e. The maximum Gasteiger partial charge on any atom is 0.0936 e. The van der Waals surface area contributed by atoms with E-state index >= 15 is 0 Å². The van der Waals surface area contributed by atoms with Crippen LogP contribution in [0, 0.1) is 0 Å². The number of hydrogen-bond acceptors (Lipinski definition) is 3. The fourth-order valence-electron chi connectivity index (χ4n) is 2.74. The Morgan fingerprint density at radius 1 is 1.38 bits per heavy atom. The first-order valence-corrected chi connectivity index (χ1v) is 5.33. The molecule has 0 aromatic rings. The lowest BCUT2D eigenvalue weighted by Crippen LogP contribution is -2.46. The molecule has 3 aliphatic heterocycles. The second kappa shape index (κ2) is 2.94. The van der Waals surface area contributed by atoms with Gasteiger partial charge in [0.2, 0.25) is 0 Å². The quantitative estimate of drug-likeness (QED) is 0.587. The van der Waals surface area contributed by atoms with Crippen LogP contribution in [-0.4, -0.2) is 49.5 Å². The molecule has 74 valence electrons. The summed E-state index contributed by atoms with van der Waals surface area (Å²) < 4.78 is 10.8. The monoisotopic (exact) mass is 183 g/mol. The first-order valence-electron chi connectivity index (χ1n) is 5.33. The van der Waals surface area contributed by atoms with Crippen molar-refractivity contribution in [1.29, 1.82) is 0 Å². The fraction of sp³-hybridized carbons (Fsp3) is 1.00. The highest BCUT2D eigenvalue weighted by molar-refractivity contribution is 4.99. The molecule has 3 rings (SSSR count). The van der Waals surface area contributed by atoms with Crippen LogP contribution in [0.15, 0.2) is 0 Å². The van der Waals surface area contributed by atoms with Gasteiger partial charge < -0.3 is 9.47 Å². The van der Waals surface area contributed by atoms with Crippen LogP contribution in [0.4, 0.5) is 0 Å². The Morgan fingerprint density at radius 2 is 2.31 bits per heavy atom. The van der Waals surface area contributed by atoms with Crippen LogP contribution in [0.25, 0.3) is 0 Å². The Labute approximate surface area is 79.0 Å². The third-order valence-corrected chi connectivity index (χ3v) is 3.65. The van der Waals surface area contributed by atoms with E-state index in [0.717, 1.165) is 26.4 Å². The van der Waals surface area contributed by atoms with E-state index in [1.165, 1.54) is 25.8 Å². The molecule has 3 heteroatoms. The minimum atomic E-state index is 0.409. The van der Waals surface area contributed by atoms with Gasteiger partial charge in [-0.2, -0.15) is 0 Å². The van der Waals surface area contributed by atoms with Gasteiger partial charge in [0.25, 0.3) is 0 Å². The first kappa shape index (κ1) is 8.21. The second-order valence-corrected chi connectivity index (χ2v) is 4.53. The number of nitrogens with zero attached hydrogens (tertiary/aromatic N) is 1. The zero-order chi connectivity index (χ0) is 8.73. The van der Waals surface area contributed by atoms with Gasteiger partial charge in [-0.15, -0.1) is 0 Å². The number of epoxide rings is 1. The molecule has 3 fully saturated rings. The second-order valence-electron chi connectivity index (χ2n) is 4.53. The molecule has 0 N–H and O–H groups in total. The van der Waals surface area contributed by atoms with Crippen molar-refractivity contribution in [2.24, 2.45) is 0 Å². The van der Waals surface area contributed by atoms with Crippen LogP contribution >= 0.6 is 0 Å². The summed E-state index contributed by atoms with van der Waals surface area (Å²) in [6.07, 6.45) is 4.45. The van der Waals surface area contributed by atoms with E-state index in [4.69, 9.17) is 9.47 Å². The largest absolute Gasteiger partial charge is 0.379 e. The van der Waals surface area contributed by atoms with E-state index in [9.17, 15) is 0 Å². The minimum absolute atomic E-state index is 0.409. The molecule has 2 atom stereocenters. The summed E-state index contributed by atoms with van der Waals surface area (Å²) in [5.41, 5.74) is 0.409. The summed E-state index contributed by atoms with van der Waals surface area (Å²) in [6, 6.07) is 0. The van der Waals surface area contributed by atoms with Crippen LogP contribution in [0.5, 0.6) is 0 Å². The Morgan fingerprint density at radius 3 is 3.00 bits per heavy atom. The van der Waals surface area contributed by atoms with Gasteiger partial charge in [0.15, 0.2) is 0 Å².